The van der Waals surface area contributed by atoms with Crippen molar-refractivity contribution in [2.45, 2.75) is 71.4 Å². The van der Waals surface area contributed by atoms with E-state index >= 15 is 0 Å². The predicted molar refractivity (Wildman–Crippen MR) is 116 cm³/mol. The zero-order chi connectivity index (χ0) is 22.3. The van der Waals surface area contributed by atoms with Gasteiger partial charge in [0.25, 0.3) is 0 Å². The number of hydrogen-bond donors (Lipinski definition) is 3. The van der Waals surface area contributed by atoms with E-state index in [-0.39, 0.29) is 42.2 Å². The van der Waals surface area contributed by atoms with Gasteiger partial charge in [-0.25, -0.2) is 0 Å². The van der Waals surface area contributed by atoms with Gasteiger partial charge < -0.3 is 20.6 Å². The van der Waals surface area contributed by atoms with Gasteiger partial charge in [0, 0.05) is 32.2 Å². The summed E-state index contributed by atoms with van der Waals surface area (Å²) in [5, 5.41) is 14.7. The summed E-state index contributed by atoms with van der Waals surface area (Å²) >= 11 is 0. The fraction of sp³-hybridized carbons (Fsp3) is 0.783. The number of nitrogens with one attached hydrogen (secondary N) is 2. The first kappa shape index (κ1) is 24.4. The van der Waals surface area contributed by atoms with E-state index < -0.39 is 17.9 Å². The van der Waals surface area contributed by atoms with Gasteiger partial charge in [0.15, 0.2) is 0 Å². The van der Waals surface area contributed by atoms with E-state index in [0.717, 1.165) is 38.5 Å². The van der Waals surface area contributed by atoms with Crippen molar-refractivity contribution in [1.82, 2.24) is 15.5 Å². The fourth-order valence-electron chi connectivity index (χ4n) is 4.99. The van der Waals surface area contributed by atoms with Crippen LogP contribution in [0.2, 0.25) is 0 Å². The molecule has 0 spiro atoms. The maximum absolute atomic E-state index is 13.5. The molecule has 1 saturated heterocycles. The summed E-state index contributed by atoms with van der Waals surface area (Å²) < 4.78 is 0. The summed E-state index contributed by atoms with van der Waals surface area (Å²) in [6.45, 7) is 6.57. The van der Waals surface area contributed by atoms with Crippen LogP contribution < -0.4 is 10.6 Å². The number of likely N-dealkylation sites (tertiary alicyclic amines) is 1. The van der Waals surface area contributed by atoms with Crippen LogP contribution in [-0.4, -0.2) is 60.0 Å². The van der Waals surface area contributed by atoms with Crippen LogP contribution in [0.25, 0.3) is 0 Å². The third-order valence-electron chi connectivity index (χ3n) is 6.29. The second-order valence-corrected chi connectivity index (χ2v) is 8.86. The first-order valence-electron chi connectivity index (χ1n) is 11.5. The SMILES string of the molecule is CCC[C@@H]1C=C[C@H]2[C@H](C(=O)N(CCCCCCO)[C@@H]2C(=O)NC(C)C)[C@@H]1C(=O)NC. The number of carbonyl (C=O) groups excluding carboxylic acids is 3. The van der Waals surface area contributed by atoms with Crippen LogP contribution in [0.15, 0.2) is 12.2 Å². The Bertz CT molecular complexity index is 634. The Morgan fingerprint density at radius 3 is 2.43 bits per heavy atom. The van der Waals surface area contributed by atoms with Crippen molar-refractivity contribution in [1.29, 1.82) is 0 Å². The van der Waals surface area contributed by atoms with Gasteiger partial charge in [0.1, 0.15) is 6.04 Å². The number of fused-ring (bicyclic) bond motifs is 1. The third-order valence-corrected chi connectivity index (χ3v) is 6.29. The third kappa shape index (κ3) is 5.42. The van der Waals surface area contributed by atoms with Gasteiger partial charge in [-0.1, -0.05) is 38.3 Å². The second kappa shape index (κ2) is 11.5. The molecule has 2 aliphatic rings. The lowest BCUT2D eigenvalue weighted by molar-refractivity contribution is -0.141. The highest BCUT2D eigenvalue weighted by Crippen LogP contribution is 2.45. The van der Waals surface area contributed by atoms with E-state index in [2.05, 4.69) is 23.6 Å². The lowest BCUT2D eigenvalue weighted by Crippen LogP contribution is -2.49. The van der Waals surface area contributed by atoms with Crippen LogP contribution in [0.4, 0.5) is 0 Å². The largest absolute Gasteiger partial charge is 0.396 e. The van der Waals surface area contributed by atoms with Crippen molar-refractivity contribution in [2.75, 3.05) is 20.2 Å². The highest BCUT2D eigenvalue weighted by atomic mass is 16.3. The lowest BCUT2D eigenvalue weighted by atomic mass is 9.68. The number of aliphatic hydroxyl groups excluding tert-OH is 1. The molecule has 2 rings (SSSR count). The van der Waals surface area contributed by atoms with Gasteiger partial charge in [-0.15, -0.1) is 0 Å². The number of rotatable bonds is 11. The molecule has 7 heteroatoms. The molecule has 30 heavy (non-hydrogen) atoms. The molecule has 0 bridgehead atoms. The number of hydrogen-bond acceptors (Lipinski definition) is 4. The number of nitrogens with zero attached hydrogens (tertiary/aromatic N) is 1. The Balaban J connectivity index is 2.31. The van der Waals surface area contributed by atoms with Crippen molar-refractivity contribution in [3.8, 4) is 0 Å². The molecule has 170 valence electrons. The van der Waals surface area contributed by atoms with E-state index in [1.54, 1.807) is 11.9 Å². The van der Waals surface area contributed by atoms with Crippen molar-refractivity contribution in [3.63, 3.8) is 0 Å². The monoisotopic (exact) mass is 421 g/mol. The molecule has 7 nitrogen and oxygen atoms in total. The van der Waals surface area contributed by atoms with Gasteiger partial charge in [0.05, 0.1) is 11.8 Å². The molecule has 0 saturated carbocycles. The maximum atomic E-state index is 13.5. The Morgan fingerprint density at radius 2 is 1.83 bits per heavy atom. The molecular weight excluding hydrogens is 382 g/mol. The van der Waals surface area contributed by atoms with Crippen molar-refractivity contribution in [3.05, 3.63) is 12.2 Å². The van der Waals surface area contributed by atoms with Crippen LogP contribution in [0.3, 0.4) is 0 Å². The van der Waals surface area contributed by atoms with Crippen molar-refractivity contribution < 1.29 is 19.5 Å². The number of allylic oxidation sites excluding steroid dienone is 1. The van der Waals surface area contributed by atoms with Crippen LogP contribution in [0.5, 0.6) is 0 Å². The molecule has 0 aromatic rings. The van der Waals surface area contributed by atoms with Gasteiger partial charge in [0.2, 0.25) is 17.7 Å². The van der Waals surface area contributed by atoms with Gasteiger partial charge in [-0.05, 0) is 39.0 Å². The molecule has 1 heterocycles. The molecule has 1 fully saturated rings. The average Bonchev–Trinajstić information content (AvgIpc) is 2.99. The van der Waals surface area contributed by atoms with E-state index in [1.165, 1.54) is 0 Å². The van der Waals surface area contributed by atoms with Crippen LogP contribution >= 0.6 is 0 Å². The molecule has 0 aromatic heterocycles. The Hall–Kier alpha value is -1.89. The topological polar surface area (TPSA) is 98.7 Å². The normalized spacial score (nSPS) is 28.0. The molecule has 5 atom stereocenters. The molecule has 0 radical (unpaired) electrons. The van der Waals surface area contributed by atoms with Crippen molar-refractivity contribution >= 4 is 17.7 Å². The summed E-state index contributed by atoms with van der Waals surface area (Å²) in [6.07, 6.45) is 9.16. The summed E-state index contributed by atoms with van der Waals surface area (Å²) in [4.78, 5) is 41.1. The first-order chi connectivity index (χ1) is 14.4. The summed E-state index contributed by atoms with van der Waals surface area (Å²) in [6, 6.07) is -0.595. The second-order valence-electron chi connectivity index (χ2n) is 8.86. The first-order valence-corrected chi connectivity index (χ1v) is 11.5. The van der Waals surface area contributed by atoms with Crippen LogP contribution in [0.1, 0.15) is 59.3 Å². The minimum Gasteiger partial charge on any atom is -0.396 e. The van der Waals surface area contributed by atoms with Gasteiger partial charge >= 0.3 is 0 Å². The minimum atomic E-state index is -0.575. The smallest absolute Gasteiger partial charge is 0.243 e. The predicted octanol–water partition coefficient (Wildman–Crippen LogP) is 1.86. The lowest BCUT2D eigenvalue weighted by Gasteiger charge is -2.34. The van der Waals surface area contributed by atoms with E-state index in [4.69, 9.17) is 5.11 Å². The number of unbranched alkanes of at least 4 members (excludes halogenated alkanes) is 3. The van der Waals surface area contributed by atoms with E-state index in [9.17, 15) is 14.4 Å². The van der Waals surface area contributed by atoms with Crippen LogP contribution in [0, 0.1) is 23.7 Å². The van der Waals surface area contributed by atoms with E-state index in [0.29, 0.717) is 6.54 Å². The number of aliphatic hydroxyl groups is 1. The molecule has 1 aliphatic heterocycles. The van der Waals surface area contributed by atoms with Gasteiger partial charge in [-0.2, -0.15) is 0 Å². The molecular formula is C23H39N3O4. The quantitative estimate of drug-likeness (QED) is 0.350. The van der Waals surface area contributed by atoms with Gasteiger partial charge in [-0.3, -0.25) is 14.4 Å². The molecule has 0 unspecified atom stereocenters. The number of carbonyl (C=O) groups is 3. The molecule has 1 aliphatic carbocycles. The standard InChI is InChI=1S/C23H39N3O4/c1-5-10-16-11-12-17-19(18(16)21(28)24-4)23(30)26(13-8-6-7-9-14-27)20(17)22(29)25-15(2)3/h11-12,15-20,27H,5-10,13-14H2,1-4H3,(H,24,28)(H,25,29)/t16-,17+,18-,19+,20+/m1/s1. The van der Waals surface area contributed by atoms with Crippen molar-refractivity contribution in [2.24, 2.45) is 23.7 Å². The maximum Gasteiger partial charge on any atom is 0.243 e. The highest BCUT2D eigenvalue weighted by Gasteiger charge is 2.56. The zero-order valence-electron chi connectivity index (χ0n) is 18.9. The Kier molecular flexibility index (Phi) is 9.34. The molecule has 0 aromatic carbocycles. The zero-order valence-corrected chi connectivity index (χ0v) is 18.9. The van der Waals surface area contributed by atoms with E-state index in [1.807, 2.05) is 19.9 Å². The molecule has 3 N–H and O–H groups in total. The fourth-order valence-corrected chi connectivity index (χ4v) is 4.99. The van der Waals surface area contributed by atoms with Crippen LogP contribution in [-0.2, 0) is 14.4 Å². The summed E-state index contributed by atoms with van der Waals surface area (Å²) in [5.41, 5.74) is 0. The summed E-state index contributed by atoms with van der Waals surface area (Å²) in [5.74, 6) is -1.55. The molecule has 3 amide bonds. The average molecular weight is 422 g/mol. The minimum absolute atomic E-state index is 0.0125. The Labute approximate surface area is 180 Å². The summed E-state index contributed by atoms with van der Waals surface area (Å²) in [7, 11) is 1.61. The number of amides is 3. The Morgan fingerprint density at radius 1 is 1.13 bits per heavy atom. The highest BCUT2D eigenvalue weighted by molar-refractivity contribution is 5.96.